The minimum absolute atomic E-state index is 0.118. The van der Waals surface area contributed by atoms with Gasteiger partial charge in [-0.15, -0.1) is 11.3 Å². The number of benzene rings is 2. The second kappa shape index (κ2) is 7.99. The third-order valence-electron chi connectivity index (χ3n) is 5.44. The van der Waals surface area contributed by atoms with Gasteiger partial charge in [-0.25, -0.2) is 19.3 Å². The van der Waals surface area contributed by atoms with Crippen molar-refractivity contribution in [3.63, 3.8) is 0 Å². The van der Waals surface area contributed by atoms with E-state index in [4.69, 9.17) is 9.47 Å². The van der Waals surface area contributed by atoms with E-state index in [9.17, 15) is 14.6 Å². The maximum atomic E-state index is 14.7. The van der Waals surface area contributed by atoms with Gasteiger partial charge in [0, 0.05) is 17.7 Å². The molecule has 4 aromatic rings. The average Bonchev–Trinajstić information content (AvgIpc) is 3.38. The SMILES string of the molecule is COc1cnc2c(-c3nc4cc(F)c(O[C@H]5CCC[C@@H]5O)cc4s3)cc(CO)cc2n1. The summed E-state index contributed by atoms with van der Waals surface area (Å²) in [5.41, 5.74) is 3.05. The zero-order valence-electron chi connectivity index (χ0n) is 16.7. The molecule has 2 atom stereocenters. The molecule has 5 rings (SSSR count). The van der Waals surface area contributed by atoms with Crippen LogP contribution in [0.4, 0.5) is 4.39 Å². The quantitative estimate of drug-likeness (QED) is 0.486. The fourth-order valence-electron chi connectivity index (χ4n) is 3.86. The number of hydrogen-bond donors (Lipinski definition) is 2. The molecule has 0 spiro atoms. The first kappa shape index (κ1) is 20.0. The Bertz CT molecular complexity index is 1270. The summed E-state index contributed by atoms with van der Waals surface area (Å²) in [5, 5.41) is 20.3. The highest BCUT2D eigenvalue weighted by atomic mass is 32.1. The molecule has 1 saturated carbocycles. The molecule has 1 aliphatic carbocycles. The predicted octanol–water partition coefficient (Wildman–Crippen LogP) is 3.84. The molecule has 0 saturated heterocycles. The molecule has 2 heterocycles. The Kier molecular flexibility index (Phi) is 5.17. The topological polar surface area (TPSA) is 97.6 Å². The van der Waals surface area contributed by atoms with Gasteiger partial charge in [0.25, 0.3) is 0 Å². The first-order valence-electron chi connectivity index (χ1n) is 9.95. The molecule has 7 nitrogen and oxygen atoms in total. The lowest BCUT2D eigenvalue weighted by Gasteiger charge is -2.17. The predicted molar refractivity (Wildman–Crippen MR) is 115 cm³/mol. The molecule has 160 valence electrons. The zero-order valence-corrected chi connectivity index (χ0v) is 17.5. The van der Waals surface area contributed by atoms with E-state index in [2.05, 4.69) is 15.0 Å². The summed E-state index contributed by atoms with van der Waals surface area (Å²) in [6, 6.07) is 6.53. The Labute approximate surface area is 181 Å². The molecule has 9 heteroatoms. The smallest absolute Gasteiger partial charge is 0.232 e. The van der Waals surface area contributed by atoms with Crippen molar-refractivity contribution in [2.75, 3.05) is 7.11 Å². The van der Waals surface area contributed by atoms with E-state index in [-0.39, 0.29) is 12.4 Å². The number of thiazole rings is 1. The summed E-state index contributed by atoms with van der Waals surface area (Å²) in [4.78, 5) is 13.5. The second-order valence-electron chi connectivity index (χ2n) is 7.51. The van der Waals surface area contributed by atoms with Crippen LogP contribution in [0.3, 0.4) is 0 Å². The van der Waals surface area contributed by atoms with Crippen molar-refractivity contribution in [3.05, 3.63) is 41.8 Å². The largest absolute Gasteiger partial charge is 0.485 e. The van der Waals surface area contributed by atoms with Crippen LogP contribution < -0.4 is 9.47 Å². The number of nitrogens with zero attached hydrogens (tertiary/aromatic N) is 3. The van der Waals surface area contributed by atoms with Gasteiger partial charge in [-0.2, -0.15) is 0 Å². The monoisotopic (exact) mass is 441 g/mol. The molecule has 0 unspecified atom stereocenters. The number of methoxy groups -OCH3 is 1. The maximum Gasteiger partial charge on any atom is 0.232 e. The molecular weight excluding hydrogens is 421 g/mol. The van der Waals surface area contributed by atoms with Crippen LogP contribution in [0.25, 0.3) is 31.8 Å². The molecule has 0 amide bonds. The van der Waals surface area contributed by atoms with Gasteiger partial charge in [0.1, 0.15) is 11.1 Å². The summed E-state index contributed by atoms with van der Waals surface area (Å²) < 4.78 is 26.3. The van der Waals surface area contributed by atoms with Crippen LogP contribution in [0.5, 0.6) is 11.6 Å². The van der Waals surface area contributed by atoms with Gasteiger partial charge in [0.05, 0.1) is 47.3 Å². The third kappa shape index (κ3) is 3.69. The summed E-state index contributed by atoms with van der Waals surface area (Å²) in [7, 11) is 1.51. The summed E-state index contributed by atoms with van der Waals surface area (Å²) >= 11 is 1.37. The molecule has 2 aromatic heterocycles. The Morgan fingerprint density at radius 2 is 2.03 bits per heavy atom. The number of aliphatic hydroxyl groups is 2. The molecule has 31 heavy (non-hydrogen) atoms. The number of rotatable bonds is 5. The van der Waals surface area contributed by atoms with Gasteiger partial charge in [-0.1, -0.05) is 0 Å². The molecular formula is C22H20FN3O4S. The number of halogens is 1. The normalized spacial score (nSPS) is 18.7. The van der Waals surface area contributed by atoms with Crippen LogP contribution in [0.2, 0.25) is 0 Å². The Morgan fingerprint density at radius 1 is 1.16 bits per heavy atom. The van der Waals surface area contributed by atoms with Gasteiger partial charge in [-0.05, 0) is 37.0 Å². The van der Waals surface area contributed by atoms with E-state index in [1.807, 2.05) is 6.07 Å². The van der Waals surface area contributed by atoms with Gasteiger partial charge in [0.15, 0.2) is 11.6 Å². The summed E-state index contributed by atoms with van der Waals surface area (Å²) in [6.07, 6.45) is 2.79. The lowest BCUT2D eigenvalue weighted by Crippen LogP contribution is -2.25. The zero-order chi connectivity index (χ0) is 21.5. The van der Waals surface area contributed by atoms with Crippen LogP contribution >= 0.6 is 11.3 Å². The molecule has 2 N–H and O–H groups in total. The number of ether oxygens (including phenoxy) is 2. The molecule has 0 bridgehead atoms. The summed E-state index contributed by atoms with van der Waals surface area (Å²) in [6.45, 7) is -0.164. The van der Waals surface area contributed by atoms with Crippen LogP contribution in [0.1, 0.15) is 24.8 Å². The maximum absolute atomic E-state index is 14.7. The van der Waals surface area contributed by atoms with Gasteiger partial charge in [0.2, 0.25) is 5.88 Å². The van der Waals surface area contributed by atoms with E-state index in [1.54, 1.807) is 12.1 Å². The fourth-order valence-corrected chi connectivity index (χ4v) is 4.85. The lowest BCUT2D eigenvalue weighted by atomic mass is 10.1. The highest BCUT2D eigenvalue weighted by Gasteiger charge is 2.28. The van der Waals surface area contributed by atoms with Crippen molar-refractivity contribution in [1.29, 1.82) is 0 Å². The van der Waals surface area contributed by atoms with Crippen LogP contribution in [-0.2, 0) is 6.61 Å². The number of aromatic nitrogens is 3. The van der Waals surface area contributed by atoms with Crippen molar-refractivity contribution < 1.29 is 24.1 Å². The minimum Gasteiger partial charge on any atom is -0.485 e. The Morgan fingerprint density at radius 3 is 2.77 bits per heavy atom. The van der Waals surface area contributed by atoms with Crippen molar-refractivity contribution in [3.8, 4) is 22.2 Å². The average molecular weight is 441 g/mol. The van der Waals surface area contributed by atoms with Crippen LogP contribution in [-0.4, -0.2) is 44.5 Å². The van der Waals surface area contributed by atoms with E-state index in [0.717, 1.165) is 11.1 Å². The second-order valence-corrected chi connectivity index (χ2v) is 8.54. The Balaban J connectivity index is 1.59. The van der Waals surface area contributed by atoms with E-state index < -0.39 is 18.0 Å². The van der Waals surface area contributed by atoms with Gasteiger partial charge in [-0.3, -0.25) is 0 Å². The van der Waals surface area contributed by atoms with E-state index in [1.165, 1.54) is 30.7 Å². The third-order valence-corrected chi connectivity index (χ3v) is 6.50. The van der Waals surface area contributed by atoms with Crippen molar-refractivity contribution >= 4 is 32.6 Å². The molecule has 1 aliphatic rings. The molecule has 0 aliphatic heterocycles. The molecule has 1 fully saturated rings. The van der Waals surface area contributed by atoms with Crippen LogP contribution in [0.15, 0.2) is 30.5 Å². The molecule has 0 radical (unpaired) electrons. The first-order chi connectivity index (χ1) is 15.1. The van der Waals surface area contributed by atoms with Crippen molar-refractivity contribution in [1.82, 2.24) is 15.0 Å². The van der Waals surface area contributed by atoms with Gasteiger partial charge < -0.3 is 19.7 Å². The number of hydrogen-bond acceptors (Lipinski definition) is 8. The standard InChI is InChI=1S/C22H20FN3O4S/c1-29-20-9-24-21-12(5-11(10-27)6-15(21)25-20)22-26-14-7-13(23)18(8-19(14)31-22)30-17-4-2-3-16(17)28/h5-9,16-17,27-28H,2-4,10H2,1H3/t16-,17-/m0/s1. The Hall–Kier alpha value is -2.88. The van der Waals surface area contributed by atoms with E-state index >= 15 is 0 Å². The van der Waals surface area contributed by atoms with Crippen molar-refractivity contribution in [2.24, 2.45) is 0 Å². The van der Waals surface area contributed by atoms with Crippen molar-refractivity contribution in [2.45, 2.75) is 38.1 Å². The first-order valence-corrected chi connectivity index (χ1v) is 10.8. The summed E-state index contributed by atoms with van der Waals surface area (Å²) in [5.74, 6) is -0.0232. The fraction of sp³-hybridized carbons (Fsp3) is 0.318. The molecule has 2 aromatic carbocycles. The minimum atomic E-state index is -0.574. The van der Waals surface area contributed by atoms with Gasteiger partial charge >= 0.3 is 0 Å². The lowest BCUT2D eigenvalue weighted by molar-refractivity contribution is 0.0580. The van der Waals surface area contributed by atoms with Crippen LogP contribution in [0, 0.1) is 5.82 Å². The number of fused-ring (bicyclic) bond motifs is 2. The highest BCUT2D eigenvalue weighted by Crippen LogP contribution is 2.38. The number of aliphatic hydroxyl groups excluding tert-OH is 2. The highest BCUT2D eigenvalue weighted by molar-refractivity contribution is 7.21. The van der Waals surface area contributed by atoms with E-state index in [0.29, 0.717) is 51.4 Å².